The van der Waals surface area contributed by atoms with Crippen LogP contribution in [0, 0.1) is 0 Å². The molecule has 16 heavy (non-hydrogen) atoms. The van der Waals surface area contributed by atoms with E-state index in [9.17, 15) is 9.90 Å². The SMILES string of the molecule is O=C([O-])c1cc2ccc3cccnc3c2[nH]1. The van der Waals surface area contributed by atoms with Gasteiger partial charge in [0.15, 0.2) is 0 Å². The standard InChI is InChI=1S/C12H8N2O2/c15-12(16)9-6-8-4-3-7-2-1-5-13-10(7)11(8)14-9/h1-6,14H,(H,15,16)/p-1. The Labute approximate surface area is 90.5 Å². The fraction of sp³-hybridized carbons (Fsp3) is 0. The highest BCUT2D eigenvalue weighted by molar-refractivity contribution is 6.05. The van der Waals surface area contributed by atoms with Gasteiger partial charge in [0, 0.05) is 17.0 Å². The van der Waals surface area contributed by atoms with E-state index in [1.54, 1.807) is 12.3 Å². The number of nitrogens with zero attached hydrogens (tertiary/aromatic N) is 1. The maximum Gasteiger partial charge on any atom is 0.0942 e. The molecule has 3 aromatic rings. The van der Waals surface area contributed by atoms with Crippen molar-refractivity contribution in [3.63, 3.8) is 0 Å². The van der Waals surface area contributed by atoms with Gasteiger partial charge in [0.2, 0.25) is 0 Å². The first-order chi connectivity index (χ1) is 7.75. The van der Waals surface area contributed by atoms with Gasteiger partial charge < -0.3 is 14.9 Å². The van der Waals surface area contributed by atoms with Gasteiger partial charge in [0.1, 0.15) is 0 Å². The minimum absolute atomic E-state index is 0.0770. The van der Waals surface area contributed by atoms with Crippen molar-refractivity contribution in [1.82, 2.24) is 9.97 Å². The summed E-state index contributed by atoms with van der Waals surface area (Å²) in [5.74, 6) is -1.21. The van der Waals surface area contributed by atoms with Gasteiger partial charge in [-0.25, -0.2) is 0 Å². The van der Waals surface area contributed by atoms with E-state index >= 15 is 0 Å². The molecular weight excluding hydrogens is 204 g/mol. The Kier molecular flexibility index (Phi) is 1.71. The first-order valence-electron chi connectivity index (χ1n) is 4.83. The van der Waals surface area contributed by atoms with E-state index in [4.69, 9.17) is 0 Å². The summed E-state index contributed by atoms with van der Waals surface area (Å²) >= 11 is 0. The zero-order valence-electron chi connectivity index (χ0n) is 8.23. The molecule has 0 fully saturated rings. The summed E-state index contributed by atoms with van der Waals surface area (Å²) in [6, 6.07) is 9.11. The highest BCUT2D eigenvalue weighted by Gasteiger charge is 2.05. The lowest BCUT2D eigenvalue weighted by molar-refractivity contribution is -0.255. The molecule has 0 bridgehead atoms. The predicted octanol–water partition coefficient (Wildman–Crippen LogP) is 1.08. The lowest BCUT2D eigenvalue weighted by Gasteiger charge is -1.97. The quantitative estimate of drug-likeness (QED) is 0.654. The van der Waals surface area contributed by atoms with E-state index < -0.39 is 5.97 Å². The van der Waals surface area contributed by atoms with Crippen LogP contribution in [0.15, 0.2) is 36.5 Å². The van der Waals surface area contributed by atoms with Crippen molar-refractivity contribution in [3.05, 3.63) is 42.2 Å². The molecule has 0 unspecified atom stereocenters. The van der Waals surface area contributed by atoms with Crippen molar-refractivity contribution in [1.29, 1.82) is 0 Å². The second-order valence-electron chi connectivity index (χ2n) is 3.58. The predicted molar refractivity (Wildman–Crippen MR) is 57.9 cm³/mol. The van der Waals surface area contributed by atoms with E-state index in [1.807, 2.05) is 24.3 Å². The normalized spacial score (nSPS) is 11.0. The fourth-order valence-electron chi connectivity index (χ4n) is 1.85. The van der Waals surface area contributed by atoms with E-state index in [-0.39, 0.29) is 5.69 Å². The number of nitrogens with one attached hydrogen (secondary N) is 1. The number of rotatable bonds is 1. The molecule has 0 aliphatic rings. The number of hydrogen-bond acceptors (Lipinski definition) is 3. The number of carbonyl (C=O) groups excluding carboxylic acids is 1. The van der Waals surface area contributed by atoms with E-state index in [1.165, 1.54) is 0 Å². The van der Waals surface area contributed by atoms with Crippen LogP contribution in [0.1, 0.15) is 10.5 Å². The van der Waals surface area contributed by atoms with Crippen molar-refractivity contribution in [2.75, 3.05) is 0 Å². The molecule has 78 valence electrons. The van der Waals surface area contributed by atoms with Crippen molar-refractivity contribution in [2.45, 2.75) is 0 Å². The fourth-order valence-corrected chi connectivity index (χ4v) is 1.85. The van der Waals surface area contributed by atoms with Crippen LogP contribution in [0.25, 0.3) is 21.8 Å². The van der Waals surface area contributed by atoms with Crippen LogP contribution < -0.4 is 5.11 Å². The molecule has 2 aromatic heterocycles. The summed E-state index contributed by atoms with van der Waals surface area (Å²) in [6.45, 7) is 0. The molecule has 0 aliphatic heterocycles. The lowest BCUT2D eigenvalue weighted by atomic mass is 10.1. The van der Waals surface area contributed by atoms with Crippen LogP contribution >= 0.6 is 0 Å². The first kappa shape index (κ1) is 8.91. The molecule has 0 aliphatic carbocycles. The smallest absolute Gasteiger partial charge is 0.0942 e. The first-order valence-corrected chi connectivity index (χ1v) is 4.83. The maximum absolute atomic E-state index is 10.7. The number of benzene rings is 1. The Morgan fingerprint density at radius 1 is 1.25 bits per heavy atom. The average molecular weight is 211 g/mol. The Morgan fingerprint density at radius 2 is 2.06 bits per heavy atom. The maximum atomic E-state index is 10.7. The molecule has 1 aromatic carbocycles. The Balaban J connectivity index is 2.46. The molecular formula is C12H7N2O2-. The number of H-pyrrole nitrogens is 1. The molecule has 1 N–H and O–H groups in total. The van der Waals surface area contributed by atoms with E-state index in [2.05, 4.69) is 9.97 Å². The summed E-state index contributed by atoms with van der Waals surface area (Å²) in [5, 5.41) is 12.5. The largest absolute Gasteiger partial charge is 0.543 e. The highest BCUT2D eigenvalue weighted by Crippen LogP contribution is 2.23. The van der Waals surface area contributed by atoms with Crippen molar-refractivity contribution < 1.29 is 9.90 Å². The van der Waals surface area contributed by atoms with E-state index in [0.29, 0.717) is 0 Å². The molecule has 4 heteroatoms. The van der Waals surface area contributed by atoms with Crippen LogP contribution in [0.3, 0.4) is 0 Å². The van der Waals surface area contributed by atoms with Crippen molar-refractivity contribution >= 4 is 27.8 Å². The van der Waals surface area contributed by atoms with Gasteiger partial charge in [0.25, 0.3) is 0 Å². The minimum Gasteiger partial charge on any atom is -0.543 e. The highest BCUT2D eigenvalue weighted by atomic mass is 16.4. The average Bonchev–Trinajstić information content (AvgIpc) is 2.73. The molecule has 0 amide bonds. The van der Waals surface area contributed by atoms with Crippen LogP contribution in [-0.4, -0.2) is 15.9 Å². The third kappa shape index (κ3) is 1.16. The van der Waals surface area contributed by atoms with Gasteiger partial charge in [-0.2, -0.15) is 0 Å². The summed E-state index contributed by atoms with van der Waals surface area (Å²) < 4.78 is 0. The molecule has 4 nitrogen and oxygen atoms in total. The lowest BCUT2D eigenvalue weighted by Crippen LogP contribution is -2.22. The third-order valence-corrected chi connectivity index (χ3v) is 2.59. The second kappa shape index (κ2) is 3.06. The zero-order valence-corrected chi connectivity index (χ0v) is 8.23. The Hall–Kier alpha value is -2.36. The van der Waals surface area contributed by atoms with Gasteiger partial charge in [-0.1, -0.05) is 18.2 Å². The van der Waals surface area contributed by atoms with Gasteiger partial charge in [-0.3, -0.25) is 4.98 Å². The molecule has 0 atom stereocenters. The van der Waals surface area contributed by atoms with Crippen LogP contribution in [-0.2, 0) is 0 Å². The number of fused-ring (bicyclic) bond motifs is 3. The molecule has 0 spiro atoms. The van der Waals surface area contributed by atoms with Gasteiger partial charge in [-0.15, -0.1) is 0 Å². The van der Waals surface area contributed by atoms with Crippen molar-refractivity contribution in [3.8, 4) is 0 Å². The summed E-state index contributed by atoms with van der Waals surface area (Å²) in [5.41, 5.74) is 1.58. The number of pyridine rings is 1. The second-order valence-corrected chi connectivity index (χ2v) is 3.58. The van der Waals surface area contributed by atoms with Gasteiger partial charge >= 0.3 is 0 Å². The number of carbonyl (C=O) groups is 1. The Morgan fingerprint density at radius 3 is 2.88 bits per heavy atom. The topological polar surface area (TPSA) is 68.8 Å². The number of carboxylic acids is 1. The number of hydrogen-bond donors (Lipinski definition) is 1. The van der Waals surface area contributed by atoms with Crippen LogP contribution in [0.5, 0.6) is 0 Å². The summed E-state index contributed by atoms with van der Waals surface area (Å²) in [4.78, 5) is 17.8. The Bertz CT molecular complexity index is 700. The molecule has 0 saturated carbocycles. The molecule has 3 rings (SSSR count). The molecule has 2 heterocycles. The van der Waals surface area contributed by atoms with Crippen LogP contribution in [0.2, 0.25) is 0 Å². The number of carboxylic acid groups (broad SMARTS) is 1. The third-order valence-electron chi connectivity index (χ3n) is 2.59. The zero-order chi connectivity index (χ0) is 11.1. The number of aromatic carboxylic acids is 1. The monoisotopic (exact) mass is 211 g/mol. The van der Waals surface area contributed by atoms with Gasteiger partial charge in [0.05, 0.1) is 22.7 Å². The molecule has 0 radical (unpaired) electrons. The molecule has 0 saturated heterocycles. The minimum atomic E-state index is -1.21. The summed E-state index contributed by atoms with van der Waals surface area (Å²) in [6.07, 6.45) is 1.68. The number of aromatic amines is 1. The van der Waals surface area contributed by atoms with E-state index in [0.717, 1.165) is 21.8 Å². The van der Waals surface area contributed by atoms with Crippen LogP contribution in [0.4, 0.5) is 0 Å². The summed E-state index contributed by atoms with van der Waals surface area (Å²) in [7, 11) is 0. The van der Waals surface area contributed by atoms with Gasteiger partial charge in [-0.05, 0) is 12.1 Å². The van der Waals surface area contributed by atoms with Crippen molar-refractivity contribution in [2.24, 2.45) is 0 Å². The number of aromatic nitrogens is 2.